The normalized spacial score (nSPS) is 12.7. The topological polar surface area (TPSA) is 103 Å². The van der Waals surface area contributed by atoms with Gasteiger partial charge in [-0.3, -0.25) is 9.97 Å². The highest BCUT2D eigenvalue weighted by Gasteiger charge is 2.20. The summed E-state index contributed by atoms with van der Waals surface area (Å²) in [6.07, 6.45) is -0.756. The van der Waals surface area contributed by atoms with E-state index in [4.69, 9.17) is 18.9 Å². The molecule has 0 amide bonds. The molecule has 0 spiro atoms. The number of nitrogens with zero attached hydrogens (tertiary/aromatic N) is 2. The van der Waals surface area contributed by atoms with E-state index in [-0.39, 0.29) is 0 Å². The molecule has 30 heavy (non-hydrogen) atoms. The van der Waals surface area contributed by atoms with E-state index in [1.54, 1.807) is 36.7 Å². The first-order chi connectivity index (χ1) is 14.5. The number of aliphatic hydroxyl groups is 2. The number of ether oxygens (including phenoxy) is 4. The molecular formula is C22H24N2O6. The number of methoxy groups -OCH3 is 4. The molecule has 0 aliphatic heterocycles. The minimum absolute atomic E-state index is 0.372. The lowest BCUT2D eigenvalue weighted by atomic mass is 9.99. The Labute approximate surface area is 175 Å². The zero-order valence-corrected chi connectivity index (χ0v) is 17.2. The predicted octanol–water partition coefficient (Wildman–Crippen LogP) is 1.45. The van der Waals surface area contributed by atoms with E-state index < -0.39 is 24.8 Å². The average molecular weight is 412 g/mol. The molecule has 8 nitrogen and oxygen atoms in total. The van der Waals surface area contributed by atoms with Gasteiger partial charge in [-0.15, -0.1) is 0 Å². The second-order valence-corrected chi connectivity index (χ2v) is 5.87. The summed E-state index contributed by atoms with van der Waals surface area (Å²) < 4.78 is 20.0. The van der Waals surface area contributed by atoms with Crippen molar-refractivity contribution >= 4 is 0 Å². The summed E-state index contributed by atoms with van der Waals surface area (Å²) in [7, 11) is 5.80. The Balaban J connectivity index is 2.45. The van der Waals surface area contributed by atoms with Gasteiger partial charge in [-0.1, -0.05) is 24.0 Å². The number of rotatable bonds is 7. The van der Waals surface area contributed by atoms with E-state index in [1.165, 1.54) is 28.4 Å². The molecule has 2 heterocycles. The largest absolute Gasteiger partial charge is 0.376 e. The van der Waals surface area contributed by atoms with Gasteiger partial charge in [0.15, 0.2) is 0 Å². The van der Waals surface area contributed by atoms with E-state index >= 15 is 0 Å². The van der Waals surface area contributed by atoms with Crippen LogP contribution >= 0.6 is 0 Å². The molecule has 0 radical (unpaired) electrons. The predicted molar refractivity (Wildman–Crippen MR) is 109 cm³/mol. The highest BCUT2D eigenvalue weighted by Crippen LogP contribution is 2.30. The first-order valence-electron chi connectivity index (χ1n) is 8.95. The summed E-state index contributed by atoms with van der Waals surface area (Å²) in [6.45, 7) is 0. The first-order valence-corrected chi connectivity index (χ1v) is 8.95. The summed E-state index contributed by atoms with van der Waals surface area (Å²) >= 11 is 0. The van der Waals surface area contributed by atoms with Gasteiger partial charge in [-0.2, -0.15) is 0 Å². The molecule has 2 rings (SSSR count). The van der Waals surface area contributed by atoms with Crippen LogP contribution in [0.25, 0.3) is 11.4 Å². The van der Waals surface area contributed by atoms with E-state index in [0.29, 0.717) is 22.5 Å². The van der Waals surface area contributed by atoms with Crippen molar-refractivity contribution in [1.29, 1.82) is 0 Å². The van der Waals surface area contributed by atoms with Gasteiger partial charge in [0.05, 0.1) is 11.4 Å². The summed E-state index contributed by atoms with van der Waals surface area (Å²) in [5.74, 6) is 10.7. The zero-order valence-electron chi connectivity index (χ0n) is 17.2. The molecule has 0 unspecified atom stereocenters. The zero-order chi connectivity index (χ0) is 21.9. The number of hydrogen-bond acceptors (Lipinski definition) is 8. The van der Waals surface area contributed by atoms with Crippen LogP contribution in [0.3, 0.4) is 0 Å². The van der Waals surface area contributed by atoms with Crippen molar-refractivity contribution in [2.45, 2.75) is 24.8 Å². The van der Waals surface area contributed by atoms with E-state index in [2.05, 4.69) is 33.6 Å². The van der Waals surface area contributed by atoms with Crippen molar-refractivity contribution in [3.05, 3.63) is 47.8 Å². The number of aliphatic hydroxyl groups excluding tert-OH is 2. The molecule has 0 fully saturated rings. The Morgan fingerprint density at radius 3 is 1.37 bits per heavy atom. The van der Waals surface area contributed by atoms with Crippen LogP contribution in [0, 0.1) is 23.7 Å². The lowest BCUT2D eigenvalue weighted by Gasteiger charge is -2.14. The van der Waals surface area contributed by atoms with Crippen LogP contribution in [-0.2, 0) is 18.9 Å². The Bertz CT molecular complexity index is 858. The van der Waals surface area contributed by atoms with Crippen molar-refractivity contribution < 1.29 is 29.2 Å². The maximum absolute atomic E-state index is 10.6. The van der Waals surface area contributed by atoms with Gasteiger partial charge < -0.3 is 29.2 Å². The van der Waals surface area contributed by atoms with E-state index in [9.17, 15) is 10.2 Å². The molecule has 0 saturated carbocycles. The van der Waals surface area contributed by atoms with Gasteiger partial charge in [0, 0.05) is 52.0 Å². The second-order valence-electron chi connectivity index (χ2n) is 5.87. The van der Waals surface area contributed by atoms with Crippen molar-refractivity contribution in [2.75, 3.05) is 28.4 Å². The van der Waals surface area contributed by atoms with Crippen LogP contribution in [0.1, 0.15) is 23.3 Å². The Hall–Kier alpha value is -2.82. The standard InChI is InChI=1S/C22H24N2O6/c1-27-19(28-2)11-9-17(25)15-7-5-13-23-21(15)22-16(8-6-14-24-22)18(26)10-12-20(29-3)30-4/h5-8,13-14,17-20,25-26H,1-4H3/t17-,18-/m1/s1. The fourth-order valence-corrected chi connectivity index (χ4v) is 2.55. The number of hydrogen-bond donors (Lipinski definition) is 2. The highest BCUT2D eigenvalue weighted by atomic mass is 16.7. The summed E-state index contributed by atoms with van der Waals surface area (Å²) in [5.41, 5.74) is 1.58. The molecule has 2 atom stereocenters. The molecule has 0 aliphatic carbocycles. The number of pyridine rings is 2. The molecule has 0 aliphatic rings. The fourth-order valence-electron chi connectivity index (χ4n) is 2.55. The second kappa shape index (κ2) is 12.0. The smallest absolute Gasteiger partial charge is 0.222 e. The molecule has 2 aromatic rings. The van der Waals surface area contributed by atoms with Crippen molar-refractivity contribution in [1.82, 2.24) is 9.97 Å². The quantitative estimate of drug-likeness (QED) is 0.520. The van der Waals surface area contributed by atoms with Crippen LogP contribution in [0.4, 0.5) is 0 Å². The SMILES string of the molecule is COC(C#C[C@@H](O)c1cccnc1-c1ncccc1[C@H](O)C#CC(OC)OC)OC. The summed E-state index contributed by atoms with van der Waals surface area (Å²) in [6, 6.07) is 6.71. The van der Waals surface area contributed by atoms with Gasteiger partial charge in [0.1, 0.15) is 12.2 Å². The lowest BCUT2D eigenvalue weighted by Crippen LogP contribution is -2.11. The monoisotopic (exact) mass is 412 g/mol. The van der Waals surface area contributed by atoms with Gasteiger partial charge in [0.2, 0.25) is 12.6 Å². The van der Waals surface area contributed by atoms with Crippen LogP contribution in [0.15, 0.2) is 36.7 Å². The molecule has 0 aromatic carbocycles. The molecule has 0 saturated heterocycles. The van der Waals surface area contributed by atoms with Crippen LogP contribution in [0.2, 0.25) is 0 Å². The molecule has 2 N–H and O–H groups in total. The van der Waals surface area contributed by atoms with Crippen LogP contribution in [0.5, 0.6) is 0 Å². The third-order valence-electron chi connectivity index (χ3n) is 4.02. The molecule has 0 bridgehead atoms. The number of aromatic nitrogens is 2. The maximum Gasteiger partial charge on any atom is 0.222 e. The van der Waals surface area contributed by atoms with Gasteiger partial charge in [-0.05, 0) is 24.0 Å². The fraction of sp³-hybridized carbons (Fsp3) is 0.364. The van der Waals surface area contributed by atoms with Crippen LogP contribution < -0.4 is 0 Å². The Morgan fingerprint density at radius 2 is 1.03 bits per heavy atom. The van der Waals surface area contributed by atoms with Gasteiger partial charge in [-0.25, -0.2) is 0 Å². The Morgan fingerprint density at radius 1 is 0.667 bits per heavy atom. The Kier molecular flexibility index (Phi) is 9.39. The van der Waals surface area contributed by atoms with E-state index in [1.807, 2.05) is 0 Å². The third kappa shape index (κ3) is 6.09. The minimum atomic E-state index is -1.18. The first kappa shape index (κ1) is 23.5. The van der Waals surface area contributed by atoms with Gasteiger partial charge in [0.25, 0.3) is 0 Å². The lowest BCUT2D eigenvalue weighted by molar-refractivity contribution is -0.0599. The molecule has 2 aromatic heterocycles. The molecule has 8 heteroatoms. The minimum Gasteiger partial charge on any atom is -0.376 e. The molecule has 158 valence electrons. The van der Waals surface area contributed by atoms with Crippen molar-refractivity contribution in [3.63, 3.8) is 0 Å². The van der Waals surface area contributed by atoms with Crippen molar-refractivity contribution in [3.8, 4) is 35.1 Å². The average Bonchev–Trinajstić information content (AvgIpc) is 2.80. The highest BCUT2D eigenvalue weighted by molar-refractivity contribution is 5.65. The summed E-state index contributed by atoms with van der Waals surface area (Å²) in [5, 5.41) is 21.2. The third-order valence-corrected chi connectivity index (χ3v) is 4.02. The van der Waals surface area contributed by atoms with Crippen molar-refractivity contribution in [2.24, 2.45) is 0 Å². The molecular weight excluding hydrogens is 388 g/mol. The van der Waals surface area contributed by atoms with E-state index in [0.717, 1.165) is 0 Å². The maximum atomic E-state index is 10.6. The van der Waals surface area contributed by atoms with Crippen LogP contribution in [-0.4, -0.2) is 61.2 Å². The van der Waals surface area contributed by atoms with Gasteiger partial charge >= 0.3 is 0 Å². The summed E-state index contributed by atoms with van der Waals surface area (Å²) in [4.78, 5) is 8.69.